The number of esters is 1. The molecule has 0 bridgehead atoms. The van der Waals surface area contributed by atoms with Gasteiger partial charge in [-0.2, -0.15) is 5.10 Å². The predicted octanol–water partition coefficient (Wildman–Crippen LogP) is 3.40. The van der Waals surface area contributed by atoms with E-state index in [1.54, 1.807) is 19.1 Å². The first kappa shape index (κ1) is 17.2. The van der Waals surface area contributed by atoms with Crippen LogP contribution in [0.15, 0.2) is 35.1 Å². The number of hydrogen-bond acceptors (Lipinski definition) is 4. The van der Waals surface area contributed by atoms with Crippen LogP contribution in [0.2, 0.25) is 5.02 Å². The summed E-state index contributed by atoms with van der Waals surface area (Å²) in [7, 11) is 0. The molecule has 1 heterocycles. The van der Waals surface area contributed by atoms with Crippen molar-refractivity contribution in [1.82, 2.24) is 9.78 Å². The number of rotatable bonds is 5. The zero-order chi connectivity index (χ0) is 17.0. The lowest BCUT2D eigenvalue weighted by Gasteiger charge is -2.12. The van der Waals surface area contributed by atoms with Crippen LogP contribution < -0.4 is 5.56 Å². The average Bonchev–Trinajstić information content (AvgIpc) is 2.49. The fraction of sp³-hybridized carbons (Fsp3) is 0.353. The van der Waals surface area contributed by atoms with Gasteiger partial charge in [0.05, 0.1) is 17.3 Å². The Morgan fingerprint density at radius 3 is 2.65 bits per heavy atom. The molecule has 2 rings (SSSR count). The lowest BCUT2D eigenvalue weighted by Crippen LogP contribution is -2.31. The minimum Gasteiger partial charge on any atom is -0.462 e. The van der Waals surface area contributed by atoms with E-state index in [4.69, 9.17) is 16.3 Å². The van der Waals surface area contributed by atoms with Gasteiger partial charge < -0.3 is 4.74 Å². The summed E-state index contributed by atoms with van der Waals surface area (Å²) in [6, 6.07) is 8.61. The Bertz CT molecular complexity index is 769. The molecule has 0 spiro atoms. The summed E-state index contributed by atoms with van der Waals surface area (Å²) in [5.41, 5.74) is 0.654. The molecule has 0 saturated carbocycles. The van der Waals surface area contributed by atoms with Crippen LogP contribution in [0, 0.1) is 5.92 Å². The first-order valence-corrected chi connectivity index (χ1v) is 7.86. The summed E-state index contributed by atoms with van der Waals surface area (Å²) in [6.45, 7) is 6.25. The number of carbonyl (C=O) groups is 1. The molecule has 6 heteroatoms. The quantitative estimate of drug-likeness (QED) is 0.786. The molecule has 0 saturated heterocycles. The van der Waals surface area contributed by atoms with Gasteiger partial charge in [-0.25, -0.2) is 9.48 Å². The SMILES string of the molecule is CCOC(=O)c1cc(-c2ccccc2Cl)nn(CC(C)C)c1=O. The van der Waals surface area contributed by atoms with Crippen LogP contribution in [-0.2, 0) is 11.3 Å². The third kappa shape index (κ3) is 3.99. The largest absolute Gasteiger partial charge is 0.462 e. The van der Waals surface area contributed by atoms with E-state index in [-0.39, 0.29) is 18.1 Å². The van der Waals surface area contributed by atoms with Gasteiger partial charge in [-0.15, -0.1) is 0 Å². The van der Waals surface area contributed by atoms with Crippen molar-refractivity contribution in [1.29, 1.82) is 0 Å². The molecule has 0 unspecified atom stereocenters. The highest BCUT2D eigenvalue weighted by Crippen LogP contribution is 2.25. The summed E-state index contributed by atoms with van der Waals surface area (Å²) < 4.78 is 6.28. The van der Waals surface area contributed by atoms with Crippen molar-refractivity contribution < 1.29 is 9.53 Å². The molecule has 0 atom stereocenters. The first-order valence-electron chi connectivity index (χ1n) is 7.48. The second-order valence-corrected chi connectivity index (χ2v) is 5.93. The van der Waals surface area contributed by atoms with Crippen molar-refractivity contribution in [3.05, 3.63) is 51.3 Å². The second-order valence-electron chi connectivity index (χ2n) is 5.52. The molecule has 1 aromatic carbocycles. The molecule has 1 aromatic heterocycles. The number of nitrogens with zero attached hydrogens (tertiary/aromatic N) is 2. The molecule has 23 heavy (non-hydrogen) atoms. The van der Waals surface area contributed by atoms with Crippen LogP contribution >= 0.6 is 11.6 Å². The van der Waals surface area contributed by atoms with Crippen molar-refractivity contribution in [2.24, 2.45) is 5.92 Å². The average molecular weight is 335 g/mol. The van der Waals surface area contributed by atoms with E-state index in [9.17, 15) is 9.59 Å². The number of benzene rings is 1. The summed E-state index contributed by atoms with van der Waals surface area (Å²) in [5.74, 6) is -0.442. The maximum absolute atomic E-state index is 12.5. The molecule has 0 radical (unpaired) electrons. The zero-order valence-electron chi connectivity index (χ0n) is 13.4. The smallest absolute Gasteiger partial charge is 0.343 e. The monoisotopic (exact) mass is 334 g/mol. The van der Waals surface area contributed by atoms with Gasteiger partial charge in [-0.05, 0) is 25.0 Å². The topological polar surface area (TPSA) is 61.2 Å². The molecule has 5 nitrogen and oxygen atoms in total. The molecule has 2 aromatic rings. The molecule has 0 fully saturated rings. The Morgan fingerprint density at radius 1 is 1.35 bits per heavy atom. The van der Waals surface area contributed by atoms with Crippen LogP contribution in [0.5, 0.6) is 0 Å². The van der Waals surface area contributed by atoms with Gasteiger partial charge >= 0.3 is 5.97 Å². The zero-order valence-corrected chi connectivity index (χ0v) is 14.1. The summed E-state index contributed by atoms with van der Waals surface area (Å²) >= 11 is 6.21. The minimum absolute atomic E-state index is 0.0302. The number of halogens is 1. The van der Waals surface area contributed by atoms with Crippen LogP contribution in [0.25, 0.3) is 11.3 Å². The van der Waals surface area contributed by atoms with E-state index in [1.165, 1.54) is 10.7 Å². The van der Waals surface area contributed by atoms with E-state index in [0.717, 1.165) is 0 Å². The fourth-order valence-corrected chi connectivity index (χ4v) is 2.40. The lowest BCUT2D eigenvalue weighted by atomic mass is 10.1. The van der Waals surface area contributed by atoms with Crippen LogP contribution in [-0.4, -0.2) is 22.4 Å². The van der Waals surface area contributed by atoms with Gasteiger partial charge in [0.1, 0.15) is 5.56 Å². The van der Waals surface area contributed by atoms with Crippen molar-refractivity contribution >= 4 is 17.6 Å². The minimum atomic E-state index is -0.647. The van der Waals surface area contributed by atoms with Crippen molar-refractivity contribution in [3.8, 4) is 11.3 Å². The molecule has 0 amide bonds. The highest BCUT2D eigenvalue weighted by molar-refractivity contribution is 6.33. The molecule has 0 aliphatic heterocycles. The second kappa shape index (κ2) is 7.42. The van der Waals surface area contributed by atoms with Gasteiger partial charge in [0.2, 0.25) is 0 Å². The molecule has 0 aliphatic rings. The molecular weight excluding hydrogens is 316 g/mol. The van der Waals surface area contributed by atoms with Crippen LogP contribution in [0.4, 0.5) is 0 Å². The lowest BCUT2D eigenvalue weighted by molar-refractivity contribution is 0.0523. The maximum Gasteiger partial charge on any atom is 0.343 e. The Hall–Kier alpha value is -2.14. The summed E-state index contributed by atoms with van der Waals surface area (Å²) in [4.78, 5) is 24.5. The Kier molecular flexibility index (Phi) is 5.55. The molecule has 122 valence electrons. The van der Waals surface area contributed by atoms with Gasteiger partial charge in [-0.1, -0.05) is 43.6 Å². The normalized spacial score (nSPS) is 10.8. The predicted molar refractivity (Wildman–Crippen MR) is 89.7 cm³/mol. The molecule has 0 N–H and O–H groups in total. The van der Waals surface area contributed by atoms with Gasteiger partial charge in [0.25, 0.3) is 5.56 Å². The third-order valence-corrected chi connectivity index (χ3v) is 3.49. The van der Waals surface area contributed by atoms with E-state index in [0.29, 0.717) is 22.8 Å². The Labute approximate surface area is 139 Å². The number of hydrogen-bond donors (Lipinski definition) is 0. The van der Waals surface area contributed by atoms with Crippen molar-refractivity contribution in [2.75, 3.05) is 6.61 Å². The first-order chi connectivity index (χ1) is 10.9. The molecule has 0 aliphatic carbocycles. The number of ether oxygens (including phenoxy) is 1. The Morgan fingerprint density at radius 2 is 2.04 bits per heavy atom. The highest BCUT2D eigenvalue weighted by atomic mass is 35.5. The van der Waals surface area contributed by atoms with Gasteiger partial charge in [0.15, 0.2) is 0 Å². The van der Waals surface area contributed by atoms with Crippen LogP contribution in [0.3, 0.4) is 0 Å². The summed E-state index contributed by atoms with van der Waals surface area (Å²) in [6.07, 6.45) is 0. The van der Waals surface area contributed by atoms with Crippen LogP contribution in [0.1, 0.15) is 31.1 Å². The third-order valence-electron chi connectivity index (χ3n) is 3.16. The van der Waals surface area contributed by atoms with E-state index in [1.807, 2.05) is 26.0 Å². The maximum atomic E-state index is 12.5. The number of aromatic nitrogens is 2. The van der Waals surface area contributed by atoms with E-state index >= 15 is 0 Å². The van der Waals surface area contributed by atoms with Crippen molar-refractivity contribution in [3.63, 3.8) is 0 Å². The van der Waals surface area contributed by atoms with Gasteiger partial charge in [-0.3, -0.25) is 4.79 Å². The van der Waals surface area contributed by atoms with Crippen molar-refractivity contribution in [2.45, 2.75) is 27.3 Å². The van der Waals surface area contributed by atoms with E-state index < -0.39 is 11.5 Å². The number of carbonyl (C=O) groups excluding carboxylic acids is 1. The van der Waals surface area contributed by atoms with Gasteiger partial charge in [0, 0.05) is 12.1 Å². The Balaban J connectivity index is 2.64. The summed E-state index contributed by atoms with van der Waals surface area (Å²) in [5, 5.41) is 4.86. The highest BCUT2D eigenvalue weighted by Gasteiger charge is 2.18. The molecular formula is C17H19ClN2O3. The standard InChI is InChI=1S/C17H19ClN2O3/c1-4-23-17(22)13-9-15(12-7-5-6-8-14(12)18)19-20(16(13)21)10-11(2)3/h5-9,11H,4,10H2,1-3H3. The fourth-order valence-electron chi connectivity index (χ4n) is 2.17. The van der Waals surface area contributed by atoms with E-state index in [2.05, 4.69) is 5.10 Å².